The smallest absolute Gasteiger partial charge is 0.315 e. The number of urea groups is 1. The topological polar surface area (TPSA) is 68.2 Å². The molecule has 1 fully saturated rings. The number of nitrogens with zero attached hydrogens (tertiary/aromatic N) is 2. The molecule has 0 bridgehead atoms. The third kappa shape index (κ3) is 3.58. The summed E-state index contributed by atoms with van der Waals surface area (Å²) in [6.07, 6.45) is 3.67. The number of aryl methyl sites for hydroxylation is 1. The second-order valence-electron chi connectivity index (χ2n) is 7.56. The van der Waals surface area contributed by atoms with Crippen LogP contribution in [-0.4, -0.2) is 35.0 Å². The standard InChI is InChI=1S/C21H28N4O2/c1-3-25-19(8-10-23-25)20-16(9-11-27-20)13-22-21(26)24-18-12-15-6-4-5-7-17(15)14(18)2/h4-8,10,14,16,18,20H,3,9,11-13H2,1-2H3,(H2,22,24,26)/t14-,16-,18+,20+/m1/s1. The number of nitrogens with one attached hydrogen (secondary N) is 2. The molecule has 0 spiro atoms. The lowest BCUT2D eigenvalue weighted by Gasteiger charge is -2.22. The van der Waals surface area contributed by atoms with E-state index in [4.69, 9.17) is 4.74 Å². The molecule has 1 aliphatic heterocycles. The Bertz CT molecular complexity index is 803. The second kappa shape index (κ2) is 7.72. The Hall–Kier alpha value is -2.34. The van der Waals surface area contributed by atoms with Crippen molar-refractivity contribution < 1.29 is 9.53 Å². The molecule has 1 aromatic heterocycles. The Morgan fingerprint density at radius 2 is 2.19 bits per heavy atom. The molecule has 2 amide bonds. The SMILES string of the molecule is CCn1nccc1[C@H]1OCC[C@@H]1CNC(=O)N[C@H]1Cc2ccccc2[C@H]1C. The average molecular weight is 368 g/mol. The van der Waals surface area contributed by atoms with Crippen LogP contribution in [0.3, 0.4) is 0 Å². The lowest BCUT2D eigenvalue weighted by molar-refractivity contribution is 0.0835. The summed E-state index contributed by atoms with van der Waals surface area (Å²) in [6.45, 7) is 6.42. The van der Waals surface area contributed by atoms with E-state index in [9.17, 15) is 4.79 Å². The van der Waals surface area contributed by atoms with E-state index in [1.807, 2.05) is 16.9 Å². The highest BCUT2D eigenvalue weighted by atomic mass is 16.5. The van der Waals surface area contributed by atoms with Crippen LogP contribution >= 0.6 is 0 Å². The molecule has 0 radical (unpaired) electrons. The van der Waals surface area contributed by atoms with Crippen LogP contribution < -0.4 is 10.6 Å². The predicted molar refractivity (Wildman–Crippen MR) is 104 cm³/mol. The molecule has 6 heteroatoms. The van der Waals surface area contributed by atoms with Gasteiger partial charge in [0.2, 0.25) is 0 Å². The molecule has 2 aliphatic rings. The zero-order valence-electron chi connectivity index (χ0n) is 16.0. The van der Waals surface area contributed by atoms with Crippen molar-refractivity contribution in [3.8, 4) is 0 Å². The molecule has 6 nitrogen and oxygen atoms in total. The van der Waals surface area contributed by atoms with E-state index in [1.165, 1.54) is 11.1 Å². The van der Waals surface area contributed by atoms with E-state index in [2.05, 4.69) is 53.8 Å². The quantitative estimate of drug-likeness (QED) is 0.852. The van der Waals surface area contributed by atoms with Crippen molar-refractivity contribution in [2.24, 2.45) is 5.92 Å². The van der Waals surface area contributed by atoms with Gasteiger partial charge in [-0.05, 0) is 37.0 Å². The molecular weight excluding hydrogens is 340 g/mol. The molecule has 1 aliphatic carbocycles. The number of rotatable bonds is 5. The van der Waals surface area contributed by atoms with Crippen molar-refractivity contribution in [2.75, 3.05) is 13.2 Å². The van der Waals surface area contributed by atoms with Gasteiger partial charge in [-0.25, -0.2) is 4.79 Å². The van der Waals surface area contributed by atoms with Crippen molar-refractivity contribution in [2.45, 2.75) is 51.3 Å². The number of benzene rings is 1. The molecule has 4 atom stereocenters. The number of carbonyl (C=O) groups is 1. The van der Waals surface area contributed by atoms with E-state index >= 15 is 0 Å². The summed E-state index contributed by atoms with van der Waals surface area (Å²) in [5.74, 6) is 0.615. The van der Waals surface area contributed by atoms with Crippen LogP contribution in [0.15, 0.2) is 36.5 Å². The number of hydrogen-bond donors (Lipinski definition) is 2. The number of fused-ring (bicyclic) bond motifs is 1. The summed E-state index contributed by atoms with van der Waals surface area (Å²) in [5, 5.41) is 10.6. The fraction of sp³-hybridized carbons (Fsp3) is 0.524. The van der Waals surface area contributed by atoms with Crippen LogP contribution in [0, 0.1) is 5.92 Å². The summed E-state index contributed by atoms with van der Waals surface area (Å²) in [5.41, 5.74) is 3.79. The normalized spacial score (nSPS) is 26.7. The van der Waals surface area contributed by atoms with Gasteiger partial charge in [-0.15, -0.1) is 0 Å². The minimum Gasteiger partial charge on any atom is -0.372 e. The Morgan fingerprint density at radius 3 is 3.00 bits per heavy atom. The second-order valence-corrected chi connectivity index (χ2v) is 7.56. The van der Waals surface area contributed by atoms with Gasteiger partial charge in [0.15, 0.2) is 0 Å². The fourth-order valence-corrected chi connectivity index (χ4v) is 4.43. The van der Waals surface area contributed by atoms with Gasteiger partial charge in [0.05, 0.1) is 5.69 Å². The van der Waals surface area contributed by atoms with Gasteiger partial charge in [0, 0.05) is 43.8 Å². The number of amides is 2. The molecule has 27 heavy (non-hydrogen) atoms. The highest BCUT2D eigenvalue weighted by Gasteiger charge is 2.33. The van der Waals surface area contributed by atoms with Crippen molar-refractivity contribution in [3.63, 3.8) is 0 Å². The van der Waals surface area contributed by atoms with Crippen molar-refractivity contribution in [1.29, 1.82) is 0 Å². The van der Waals surface area contributed by atoms with Crippen LogP contribution in [0.5, 0.6) is 0 Å². The Labute approximate surface area is 160 Å². The number of ether oxygens (including phenoxy) is 1. The molecule has 0 saturated carbocycles. The maximum Gasteiger partial charge on any atom is 0.315 e. The first-order chi connectivity index (χ1) is 13.2. The lowest BCUT2D eigenvalue weighted by Crippen LogP contribution is -2.45. The van der Waals surface area contributed by atoms with Crippen molar-refractivity contribution in [1.82, 2.24) is 20.4 Å². The van der Waals surface area contributed by atoms with Crippen molar-refractivity contribution >= 4 is 6.03 Å². The van der Waals surface area contributed by atoms with E-state index in [0.29, 0.717) is 12.5 Å². The Balaban J connectivity index is 1.32. The lowest BCUT2D eigenvalue weighted by atomic mass is 9.99. The van der Waals surface area contributed by atoms with Gasteiger partial charge in [-0.1, -0.05) is 31.2 Å². The highest BCUT2D eigenvalue weighted by Crippen LogP contribution is 2.34. The predicted octanol–water partition coefficient (Wildman–Crippen LogP) is 3.01. The van der Waals surface area contributed by atoms with Gasteiger partial charge < -0.3 is 15.4 Å². The summed E-state index contributed by atoms with van der Waals surface area (Å²) in [7, 11) is 0. The van der Waals surface area contributed by atoms with Gasteiger partial charge >= 0.3 is 6.03 Å². The number of carbonyl (C=O) groups excluding carboxylic acids is 1. The molecule has 2 heterocycles. The van der Waals surface area contributed by atoms with Crippen LogP contribution in [0.25, 0.3) is 0 Å². The van der Waals surface area contributed by atoms with Gasteiger partial charge in [-0.3, -0.25) is 4.68 Å². The fourth-order valence-electron chi connectivity index (χ4n) is 4.43. The zero-order chi connectivity index (χ0) is 18.8. The minimum atomic E-state index is -0.0886. The molecule has 144 valence electrons. The van der Waals surface area contributed by atoms with E-state index in [-0.39, 0.29) is 24.1 Å². The largest absolute Gasteiger partial charge is 0.372 e. The first-order valence-corrected chi connectivity index (χ1v) is 9.92. The van der Waals surface area contributed by atoms with Gasteiger partial charge in [-0.2, -0.15) is 5.10 Å². The zero-order valence-corrected chi connectivity index (χ0v) is 16.0. The minimum absolute atomic E-state index is 0.00223. The molecule has 2 N–H and O–H groups in total. The van der Waals surface area contributed by atoms with Gasteiger partial charge in [0.1, 0.15) is 6.10 Å². The first-order valence-electron chi connectivity index (χ1n) is 9.92. The molecule has 1 aromatic carbocycles. The number of hydrogen-bond acceptors (Lipinski definition) is 3. The Kier molecular flexibility index (Phi) is 5.16. The van der Waals surface area contributed by atoms with Gasteiger partial charge in [0.25, 0.3) is 0 Å². The van der Waals surface area contributed by atoms with E-state index in [1.54, 1.807) is 0 Å². The molecule has 4 rings (SSSR count). The van der Waals surface area contributed by atoms with E-state index < -0.39 is 0 Å². The Morgan fingerprint density at radius 1 is 1.33 bits per heavy atom. The summed E-state index contributed by atoms with van der Waals surface area (Å²) in [4.78, 5) is 12.5. The van der Waals surface area contributed by atoms with Crippen LogP contribution in [0.1, 0.15) is 49.1 Å². The van der Waals surface area contributed by atoms with Crippen LogP contribution in [0.2, 0.25) is 0 Å². The first kappa shape index (κ1) is 18.0. The maximum atomic E-state index is 12.5. The molecule has 1 saturated heterocycles. The third-order valence-corrected chi connectivity index (χ3v) is 5.98. The summed E-state index contributed by atoms with van der Waals surface area (Å²) in [6, 6.07) is 10.5. The summed E-state index contributed by atoms with van der Waals surface area (Å²) < 4.78 is 7.92. The molecular formula is C21H28N4O2. The highest BCUT2D eigenvalue weighted by molar-refractivity contribution is 5.74. The summed E-state index contributed by atoms with van der Waals surface area (Å²) >= 11 is 0. The third-order valence-electron chi connectivity index (χ3n) is 5.98. The number of aromatic nitrogens is 2. The van der Waals surface area contributed by atoms with Crippen molar-refractivity contribution in [3.05, 3.63) is 53.3 Å². The molecule has 0 unspecified atom stereocenters. The maximum absolute atomic E-state index is 12.5. The van der Waals surface area contributed by atoms with Crippen LogP contribution in [-0.2, 0) is 17.7 Å². The monoisotopic (exact) mass is 368 g/mol. The average Bonchev–Trinajstić information content (AvgIpc) is 3.39. The van der Waals surface area contributed by atoms with Crippen LogP contribution in [0.4, 0.5) is 4.79 Å². The van der Waals surface area contributed by atoms with E-state index in [0.717, 1.165) is 31.7 Å². The molecule has 2 aromatic rings.